The lowest BCUT2D eigenvalue weighted by Gasteiger charge is -2.06. The van der Waals surface area contributed by atoms with Crippen LogP contribution < -0.4 is 5.32 Å². The smallest absolute Gasteiger partial charge is 0.256 e. The van der Waals surface area contributed by atoms with Gasteiger partial charge in [-0.15, -0.1) is 0 Å². The van der Waals surface area contributed by atoms with E-state index in [0.29, 0.717) is 10.2 Å². The Morgan fingerprint density at radius 3 is 2.53 bits per heavy atom. The number of carbonyl (C=O) groups is 1. The van der Waals surface area contributed by atoms with Gasteiger partial charge in [-0.2, -0.15) is 0 Å². The molecule has 0 aliphatic rings. The van der Waals surface area contributed by atoms with Gasteiger partial charge < -0.3 is 5.32 Å². The summed E-state index contributed by atoms with van der Waals surface area (Å²) in [6.45, 7) is 0. The van der Waals surface area contributed by atoms with Crippen LogP contribution >= 0.6 is 15.9 Å². The average molecular weight is 294 g/mol. The minimum Gasteiger partial charge on any atom is -0.322 e. The first-order chi connectivity index (χ1) is 8.16. The molecule has 4 heteroatoms. The van der Waals surface area contributed by atoms with Gasteiger partial charge >= 0.3 is 0 Å². The van der Waals surface area contributed by atoms with Gasteiger partial charge in [0.25, 0.3) is 5.91 Å². The van der Waals surface area contributed by atoms with Crippen LogP contribution in [0.15, 0.2) is 53.0 Å². The fourth-order valence-electron chi connectivity index (χ4n) is 1.39. The van der Waals surface area contributed by atoms with E-state index < -0.39 is 5.82 Å². The highest BCUT2D eigenvalue weighted by molar-refractivity contribution is 9.10. The molecule has 86 valence electrons. The van der Waals surface area contributed by atoms with Gasteiger partial charge in [0.15, 0.2) is 0 Å². The second-order valence-electron chi connectivity index (χ2n) is 3.44. The quantitative estimate of drug-likeness (QED) is 0.895. The minimum absolute atomic E-state index is 0.272. The molecule has 0 fully saturated rings. The molecular formula is C13H9BrFNO. The molecule has 0 saturated carbocycles. The van der Waals surface area contributed by atoms with Gasteiger partial charge in [0, 0.05) is 10.2 Å². The van der Waals surface area contributed by atoms with Gasteiger partial charge in [-0.05, 0) is 46.3 Å². The van der Waals surface area contributed by atoms with Crippen molar-refractivity contribution in [3.63, 3.8) is 0 Å². The molecule has 0 aromatic heterocycles. The molecule has 2 rings (SSSR count). The zero-order chi connectivity index (χ0) is 12.3. The summed E-state index contributed by atoms with van der Waals surface area (Å²) < 4.78 is 13.6. The Bertz CT molecular complexity index is 542. The third-order valence-corrected chi connectivity index (χ3v) is 2.90. The minimum atomic E-state index is -0.439. The monoisotopic (exact) mass is 293 g/mol. The molecular weight excluding hydrogens is 285 g/mol. The van der Waals surface area contributed by atoms with Gasteiger partial charge in [-0.3, -0.25) is 4.79 Å². The summed E-state index contributed by atoms with van der Waals surface area (Å²) in [5.74, 6) is -0.783. The Kier molecular flexibility index (Phi) is 3.54. The van der Waals surface area contributed by atoms with Gasteiger partial charge in [0.1, 0.15) is 5.82 Å². The summed E-state index contributed by atoms with van der Waals surface area (Å²) >= 11 is 3.22. The highest BCUT2D eigenvalue weighted by atomic mass is 79.9. The van der Waals surface area contributed by atoms with Crippen molar-refractivity contribution in [3.05, 3.63) is 64.4 Å². The number of para-hydroxylation sites is 1. The largest absolute Gasteiger partial charge is 0.322 e. The van der Waals surface area contributed by atoms with Crippen molar-refractivity contribution >= 4 is 27.5 Å². The molecule has 0 heterocycles. The van der Waals surface area contributed by atoms with Crippen molar-refractivity contribution in [2.24, 2.45) is 0 Å². The number of hydrogen-bond donors (Lipinski definition) is 1. The van der Waals surface area contributed by atoms with E-state index in [0.717, 1.165) is 0 Å². The molecule has 2 aromatic rings. The van der Waals surface area contributed by atoms with Crippen LogP contribution in [-0.2, 0) is 0 Å². The fourth-order valence-corrected chi connectivity index (χ4v) is 1.82. The van der Waals surface area contributed by atoms with Crippen LogP contribution in [0.1, 0.15) is 10.4 Å². The molecule has 0 atom stereocenters. The van der Waals surface area contributed by atoms with E-state index in [1.807, 2.05) is 18.2 Å². The van der Waals surface area contributed by atoms with Gasteiger partial charge in [-0.1, -0.05) is 18.2 Å². The van der Waals surface area contributed by atoms with Crippen LogP contribution in [0.2, 0.25) is 0 Å². The molecule has 2 nitrogen and oxygen atoms in total. The first kappa shape index (κ1) is 11.8. The van der Waals surface area contributed by atoms with Crippen LogP contribution in [0.4, 0.5) is 10.1 Å². The number of rotatable bonds is 2. The highest BCUT2D eigenvalue weighted by Gasteiger charge is 2.11. The third-order valence-electron chi connectivity index (χ3n) is 2.20. The van der Waals surface area contributed by atoms with Crippen molar-refractivity contribution in [3.8, 4) is 0 Å². The summed E-state index contributed by atoms with van der Waals surface area (Å²) in [7, 11) is 0. The van der Waals surface area contributed by atoms with Gasteiger partial charge in [0.2, 0.25) is 0 Å². The second-order valence-corrected chi connectivity index (χ2v) is 4.30. The number of benzene rings is 2. The number of halogens is 2. The molecule has 0 aliphatic carbocycles. The molecule has 0 radical (unpaired) electrons. The summed E-state index contributed by atoms with van der Waals surface area (Å²) in [6.07, 6.45) is 0. The van der Waals surface area contributed by atoms with E-state index in [9.17, 15) is 9.18 Å². The van der Waals surface area contributed by atoms with Gasteiger partial charge in [-0.25, -0.2) is 4.39 Å². The maximum Gasteiger partial charge on any atom is 0.256 e. The maximum absolute atomic E-state index is 13.0. The second kappa shape index (κ2) is 5.10. The lowest BCUT2D eigenvalue weighted by Crippen LogP contribution is -2.12. The average Bonchev–Trinajstić information content (AvgIpc) is 2.33. The Hall–Kier alpha value is -1.68. The van der Waals surface area contributed by atoms with Crippen molar-refractivity contribution in [2.75, 3.05) is 5.32 Å². The molecule has 1 amide bonds. The maximum atomic E-state index is 13.0. The Morgan fingerprint density at radius 2 is 1.82 bits per heavy atom. The Morgan fingerprint density at radius 1 is 1.12 bits per heavy atom. The number of nitrogens with one attached hydrogen (secondary N) is 1. The predicted molar refractivity (Wildman–Crippen MR) is 68.5 cm³/mol. The van der Waals surface area contributed by atoms with E-state index in [4.69, 9.17) is 0 Å². The van der Waals surface area contributed by atoms with Crippen molar-refractivity contribution in [2.45, 2.75) is 0 Å². The molecule has 0 spiro atoms. The van der Waals surface area contributed by atoms with Crippen LogP contribution in [0.25, 0.3) is 0 Å². The molecule has 0 aliphatic heterocycles. The van der Waals surface area contributed by atoms with E-state index in [-0.39, 0.29) is 11.5 Å². The molecule has 1 N–H and O–H groups in total. The molecule has 0 bridgehead atoms. The lowest BCUT2D eigenvalue weighted by atomic mass is 10.2. The zero-order valence-electron chi connectivity index (χ0n) is 8.78. The van der Waals surface area contributed by atoms with E-state index >= 15 is 0 Å². The standard InChI is InChI=1S/C13H9BrFNO/c14-12-7-6-9(15)8-11(12)13(17)16-10-4-2-1-3-5-10/h1-8H,(H,16,17). The summed E-state index contributed by atoms with van der Waals surface area (Å²) in [4.78, 5) is 11.9. The summed E-state index contributed by atoms with van der Waals surface area (Å²) in [6, 6.07) is 13.0. The van der Waals surface area contributed by atoms with Crippen LogP contribution in [-0.4, -0.2) is 5.91 Å². The Labute approximate surface area is 107 Å². The summed E-state index contributed by atoms with van der Waals surface area (Å²) in [5.41, 5.74) is 0.947. The van der Waals surface area contributed by atoms with E-state index in [2.05, 4.69) is 21.2 Å². The SMILES string of the molecule is O=C(Nc1ccccc1)c1cc(F)ccc1Br. The fraction of sp³-hybridized carbons (Fsp3) is 0. The van der Waals surface area contributed by atoms with E-state index in [1.165, 1.54) is 18.2 Å². The van der Waals surface area contributed by atoms with Crippen molar-refractivity contribution in [1.82, 2.24) is 0 Å². The number of hydrogen-bond acceptors (Lipinski definition) is 1. The first-order valence-electron chi connectivity index (χ1n) is 4.98. The van der Waals surface area contributed by atoms with Crippen LogP contribution in [0.3, 0.4) is 0 Å². The normalized spacial score (nSPS) is 10.0. The third kappa shape index (κ3) is 2.91. The first-order valence-corrected chi connectivity index (χ1v) is 5.77. The zero-order valence-corrected chi connectivity index (χ0v) is 10.4. The summed E-state index contributed by atoms with van der Waals surface area (Å²) in [5, 5.41) is 2.69. The number of carbonyl (C=O) groups excluding carboxylic acids is 1. The lowest BCUT2D eigenvalue weighted by molar-refractivity contribution is 0.102. The molecule has 0 unspecified atom stereocenters. The van der Waals surface area contributed by atoms with Crippen LogP contribution in [0.5, 0.6) is 0 Å². The number of amides is 1. The van der Waals surface area contributed by atoms with Crippen molar-refractivity contribution in [1.29, 1.82) is 0 Å². The van der Waals surface area contributed by atoms with Crippen molar-refractivity contribution < 1.29 is 9.18 Å². The number of anilines is 1. The van der Waals surface area contributed by atoms with Crippen LogP contribution in [0, 0.1) is 5.82 Å². The van der Waals surface area contributed by atoms with E-state index in [1.54, 1.807) is 12.1 Å². The highest BCUT2D eigenvalue weighted by Crippen LogP contribution is 2.19. The molecule has 2 aromatic carbocycles. The van der Waals surface area contributed by atoms with Gasteiger partial charge in [0.05, 0.1) is 5.56 Å². The predicted octanol–water partition coefficient (Wildman–Crippen LogP) is 3.84. The molecule has 17 heavy (non-hydrogen) atoms. The topological polar surface area (TPSA) is 29.1 Å². The molecule has 0 saturated heterocycles. The Balaban J connectivity index is 2.23.